The van der Waals surface area contributed by atoms with Gasteiger partial charge in [0, 0.05) is 17.4 Å². The number of rotatable bonds is 9. The number of benzene rings is 2. The Morgan fingerprint density at radius 3 is 2.51 bits per heavy atom. The molecule has 0 unspecified atom stereocenters. The van der Waals surface area contributed by atoms with E-state index in [1.54, 1.807) is 30.8 Å². The zero-order valence-corrected chi connectivity index (χ0v) is 22.7. The molecule has 198 valence electrons. The van der Waals surface area contributed by atoms with Gasteiger partial charge >= 0.3 is 0 Å². The first-order valence-electron chi connectivity index (χ1n) is 11.8. The second kappa shape index (κ2) is 11.2. The number of nitrogens with one attached hydrogen (secondary N) is 2. The number of aromatic nitrogens is 6. The van der Waals surface area contributed by atoms with E-state index in [4.69, 9.17) is 0 Å². The van der Waals surface area contributed by atoms with Crippen LogP contribution in [-0.4, -0.2) is 49.8 Å². The molecule has 0 aliphatic rings. The van der Waals surface area contributed by atoms with Gasteiger partial charge in [0.2, 0.25) is 5.91 Å². The van der Waals surface area contributed by atoms with Gasteiger partial charge in [-0.05, 0) is 43.7 Å². The van der Waals surface area contributed by atoms with E-state index in [1.165, 1.54) is 42.4 Å². The molecule has 3 aromatic heterocycles. The zero-order valence-electron chi connectivity index (χ0n) is 21.1. The van der Waals surface area contributed by atoms with Crippen LogP contribution in [0.5, 0.6) is 0 Å². The van der Waals surface area contributed by atoms with Crippen LogP contribution in [0, 0.1) is 13.8 Å². The fourth-order valence-corrected chi connectivity index (χ4v) is 5.63. The number of carbonyl (C=O) groups excluding carboxylic acids is 1. The summed E-state index contributed by atoms with van der Waals surface area (Å²) in [4.78, 5) is 29.6. The molecule has 0 radical (unpaired) electrons. The molecule has 0 aliphatic heterocycles. The first kappa shape index (κ1) is 26.3. The van der Waals surface area contributed by atoms with Gasteiger partial charge in [-0.1, -0.05) is 42.1 Å². The molecule has 2 N–H and O–H groups in total. The highest BCUT2D eigenvalue weighted by Crippen LogP contribution is 2.25. The second-order valence-corrected chi connectivity index (χ2v) is 11.3. The molecule has 13 heteroatoms. The van der Waals surface area contributed by atoms with Crippen molar-refractivity contribution in [1.82, 2.24) is 29.7 Å². The molecule has 0 aliphatic carbocycles. The van der Waals surface area contributed by atoms with Crippen molar-refractivity contribution in [2.45, 2.75) is 30.3 Å². The molecule has 2 aromatic carbocycles. The van der Waals surface area contributed by atoms with Crippen LogP contribution in [0.4, 0.5) is 11.5 Å². The number of sulfonamides is 1. The number of nitrogens with zero attached hydrogens (tertiary/aromatic N) is 6. The molecule has 0 saturated carbocycles. The predicted octanol–water partition coefficient (Wildman–Crippen LogP) is 3.81. The van der Waals surface area contributed by atoms with Gasteiger partial charge in [0.15, 0.2) is 5.65 Å². The maximum absolute atomic E-state index is 12.7. The van der Waals surface area contributed by atoms with E-state index in [1.807, 2.05) is 30.3 Å². The Hall–Kier alpha value is -4.36. The summed E-state index contributed by atoms with van der Waals surface area (Å²) >= 11 is 1.27. The van der Waals surface area contributed by atoms with E-state index in [9.17, 15) is 13.2 Å². The molecule has 0 spiro atoms. The average molecular weight is 561 g/mol. The lowest BCUT2D eigenvalue weighted by atomic mass is 10.2. The Morgan fingerprint density at radius 1 is 1.00 bits per heavy atom. The molecule has 5 aromatic rings. The van der Waals surface area contributed by atoms with Gasteiger partial charge in [0.25, 0.3) is 10.0 Å². The number of thioether (sulfide) groups is 1. The fourth-order valence-electron chi connectivity index (χ4n) is 3.87. The third-order valence-electron chi connectivity index (χ3n) is 5.57. The van der Waals surface area contributed by atoms with Crippen LogP contribution in [0.15, 0.2) is 83.1 Å². The third-order valence-corrected chi connectivity index (χ3v) is 7.94. The minimum Gasteiger partial charge on any atom is -0.325 e. The van der Waals surface area contributed by atoms with Gasteiger partial charge in [-0.3, -0.25) is 9.52 Å². The Kier molecular flexibility index (Phi) is 7.52. The van der Waals surface area contributed by atoms with Crippen LogP contribution in [-0.2, 0) is 21.4 Å². The van der Waals surface area contributed by atoms with E-state index in [0.29, 0.717) is 34.4 Å². The van der Waals surface area contributed by atoms with Crippen LogP contribution in [0.2, 0.25) is 0 Å². The molecule has 39 heavy (non-hydrogen) atoms. The number of hydrogen-bond donors (Lipinski definition) is 2. The van der Waals surface area contributed by atoms with Crippen LogP contribution in [0.25, 0.3) is 11.0 Å². The van der Waals surface area contributed by atoms with Crippen molar-refractivity contribution in [2.24, 2.45) is 0 Å². The number of carbonyl (C=O) groups is 1. The smallest absolute Gasteiger partial charge is 0.263 e. The summed E-state index contributed by atoms with van der Waals surface area (Å²) < 4.78 is 29.8. The van der Waals surface area contributed by atoms with Crippen LogP contribution in [0.1, 0.15) is 17.1 Å². The number of aryl methyl sites for hydroxylation is 2. The summed E-state index contributed by atoms with van der Waals surface area (Å²) in [6, 6.07) is 17.4. The maximum atomic E-state index is 12.7. The Morgan fingerprint density at radius 2 is 1.77 bits per heavy atom. The summed E-state index contributed by atoms with van der Waals surface area (Å²) in [5, 5.41) is 8.65. The van der Waals surface area contributed by atoms with Gasteiger partial charge in [-0.15, -0.1) is 0 Å². The van der Waals surface area contributed by atoms with Crippen molar-refractivity contribution >= 4 is 50.2 Å². The van der Waals surface area contributed by atoms with Crippen molar-refractivity contribution in [3.63, 3.8) is 0 Å². The van der Waals surface area contributed by atoms with Gasteiger partial charge in [-0.2, -0.15) is 5.10 Å². The van der Waals surface area contributed by atoms with E-state index in [-0.39, 0.29) is 22.4 Å². The quantitative estimate of drug-likeness (QED) is 0.203. The molecule has 11 nitrogen and oxygen atoms in total. The highest BCUT2D eigenvalue weighted by atomic mass is 32.2. The predicted molar refractivity (Wildman–Crippen MR) is 149 cm³/mol. The van der Waals surface area contributed by atoms with Gasteiger partial charge in [-0.25, -0.2) is 33.0 Å². The molecular weight excluding hydrogens is 536 g/mol. The number of fused-ring (bicyclic) bond motifs is 1. The average Bonchev–Trinajstić information content (AvgIpc) is 3.31. The van der Waals surface area contributed by atoms with Gasteiger partial charge < -0.3 is 5.32 Å². The Bertz CT molecular complexity index is 1720. The monoisotopic (exact) mass is 560 g/mol. The second-order valence-electron chi connectivity index (χ2n) is 8.61. The van der Waals surface area contributed by atoms with Crippen LogP contribution < -0.4 is 10.0 Å². The summed E-state index contributed by atoms with van der Waals surface area (Å²) in [7, 11) is -3.86. The van der Waals surface area contributed by atoms with Crippen molar-refractivity contribution in [3.05, 3.63) is 90.3 Å². The van der Waals surface area contributed by atoms with E-state index < -0.39 is 10.0 Å². The SMILES string of the molecule is Cc1cc(NS(=O)(=O)c2ccc(NC(=O)CSc3ncnc4c3cnn4Cc3ccccc3)cc2)nc(C)n1. The van der Waals surface area contributed by atoms with E-state index in [0.717, 1.165) is 10.9 Å². The Labute approximate surface area is 229 Å². The van der Waals surface area contributed by atoms with Crippen LogP contribution in [0.3, 0.4) is 0 Å². The standard InChI is InChI=1S/C26H24N8O3S2/c1-17-12-23(31-18(2)30-17)33-39(36,37)21-10-8-20(9-11-21)32-24(35)15-38-26-22-13-29-34(25(22)27-16-28-26)14-19-6-4-3-5-7-19/h3-13,16H,14-15H2,1-2H3,(H,32,35)(H,30,31,33). The highest BCUT2D eigenvalue weighted by molar-refractivity contribution is 8.00. The van der Waals surface area contributed by atoms with Crippen molar-refractivity contribution in [1.29, 1.82) is 0 Å². The molecule has 5 rings (SSSR count). The van der Waals surface area contributed by atoms with Gasteiger partial charge in [0.05, 0.1) is 28.8 Å². The topological polar surface area (TPSA) is 145 Å². The normalized spacial score (nSPS) is 11.4. The lowest BCUT2D eigenvalue weighted by Gasteiger charge is -2.10. The molecular formula is C26H24N8O3S2. The summed E-state index contributed by atoms with van der Waals surface area (Å²) in [5.74, 6) is 0.500. The van der Waals surface area contributed by atoms with Crippen molar-refractivity contribution in [2.75, 3.05) is 15.8 Å². The van der Waals surface area contributed by atoms with Crippen molar-refractivity contribution < 1.29 is 13.2 Å². The number of amides is 1. The summed E-state index contributed by atoms with van der Waals surface area (Å²) in [5.41, 5.74) is 2.91. The van der Waals surface area contributed by atoms with E-state index in [2.05, 4.69) is 35.1 Å². The molecule has 0 fully saturated rings. The molecule has 0 bridgehead atoms. The molecule has 3 heterocycles. The minimum atomic E-state index is -3.86. The molecule has 1 amide bonds. The fraction of sp³-hybridized carbons (Fsp3) is 0.154. The third kappa shape index (κ3) is 6.38. The van der Waals surface area contributed by atoms with Gasteiger partial charge in [0.1, 0.15) is 23.0 Å². The molecule has 0 atom stereocenters. The highest BCUT2D eigenvalue weighted by Gasteiger charge is 2.16. The Balaban J connectivity index is 1.20. The number of hydrogen-bond acceptors (Lipinski definition) is 9. The van der Waals surface area contributed by atoms with E-state index >= 15 is 0 Å². The van der Waals surface area contributed by atoms with Crippen LogP contribution >= 0.6 is 11.8 Å². The van der Waals surface area contributed by atoms with Crippen molar-refractivity contribution in [3.8, 4) is 0 Å². The number of anilines is 2. The summed E-state index contributed by atoms with van der Waals surface area (Å²) in [6.45, 7) is 4.02. The zero-order chi connectivity index (χ0) is 27.4. The molecule has 0 saturated heterocycles. The minimum absolute atomic E-state index is 0.0414. The lowest BCUT2D eigenvalue weighted by Crippen LogP contribution is -2.16. The first-order valence-corrected chi connectivity index (χ1v) is 14.3. The summed E-state index contributed by atoms with van der Waals surface area (Å²) in [6.07, 6.45) is 3.17. The lowest BCUT2D eigenvalue weighted by molar-refractivity contribution is -0.113. The largest absolute Gasteiger partial charge is 0.325 e. The first-order chi connectivity index (χ1) is 18.8. The maximum Gasteiger partial charge on any atom is 0.263 e.